The number of fused-ring (bicyclic) bond motifs is 6. The van der Waals surface area contributed by atoms with E-state index in [4.69, 9.17) is 0 Å². The summed E-state index contributed by atoms with van der Waals surface area (Å²) in [5.74, 6) is 0. The maximum absolute atomic E-state index is 9.48. The molecular weight excluding hydrogens is 657 g/mol. The van der Waals surface area contributed by atoms with Crippen LogP contribution in [0.5, 0.6) is 0 Å². The van der Waals surface area contributed by atoms with Crippen LogP contribution < -0.4 is 0 Å². The largest absolute Gasteiger partial charge is 0.309 e. The van der Waals surface area contributed by atoms with Gasteiger partial charge in [-0.2, -0.15) is 10.5 Å². The molecule has 250 valence electrons. The van der Waals surface area contributed by atoms with E-state index in [-0.39, 0.29) is 0 Å². The highest BCUT2D eigenvalue weighted by Gasteiger charge is 2.17. The van der Waals surface area contributed by atoms with E-state index in [2.05, 4.69) is 155 Å². The second kappa shape index (κ2) is 12.5. The molecule has 54 heavy (non-hydrogen) atoms. The van der Waals surface area contributed by atoms with Crippen molar-refractivity contribution in [2.45, 2.75) is 0 Å². The van der Waals surface area contributed by atoms with Crippen LogP contribution in [0.1, 0.15) is 11.1 Å². The molecule has 0 amide bonds. The van der Waals surface area contributed by atoms with Gasteiger partial charge in [-0.15, -0.1) is 0 Å². The lowest BCUT2D eigenvalue weighted by atomic mass is 9.96. The quantitative estimate of drug-likeness (QED) is 0.181. The molecule has 0 aliphatic rings. The van der Waals surface area contributed by atoms with Gasteiger partial charge in [0.15, 0.2) is 0 Å². The number of benzene rings is 8. The van der Waals surface area contributed by atoms with Gasteiger partial charge in [-0.3, -0.25) is 0 Å². The maximum Gasteiger partial charge on any atom is 0.0991 e. The molecule has 0 bridgehead atoms. The van der Waals surface area contributed by atoms with Gasteiger partial charge >= 0.3 is 0 Å². The summed E-state index contributed by atoms with van der Waals surface area (Å²) in [6.07, 6.45) is 0. The number of hydrogen-bond acceptors (Lipinski definition) is 2. The number of hydrogen-bond donors (Lipinski definition) is 0. The van der Waals surface area contributed by atoms with Crippen molar-refractivity contribution in [2.75, 3.05) is 0 Å². The third-order valence-electron chi connectivity index (χ3n) is 10.6. The standard InChI is InChI=1S/C50H30N4/c51-31-33-14-18-35(19-15-33)39-26-40(36-20-16-34(32-52)17-21-36)28-42(27-39)54-47-12-6-4-10-43(47)45-24-22-38(30-50(45)54)37-23-25-49-46(29-37)44-11-5-7-13-48(44)53(49)41-8-2-1-3-9-41/h1-30H. The second-order valence-corrected chi connectivity index (χ2v) is 13.7. The van der Waals surface area contributed by atoms with E-state index in [0.717, 1.165) is 55.8 Å². The lowest BCUT2D eigenvalue weighted by Crippen LogP contribution is -1.96. The van der Waals surface area contributed by atoms with Crippen LogP contribution in [0.25, 0.3) is 88.4 Å². The highest BCUT2D eigenvalue weighted by atomic mass is 15.0. The minimum absolute atomic E-state index is 0.625. The van der Waals surface area contributed by atoms with Crippen molar-refractivity contribution < 1.29 is 0 Å². The summed E-state index contributed by atoms with van der Waals surface area (Å²) in [7, 11) is 0. The van der Waals surface area contributed by atoms with E-state index in [9.17, 15) is 10.5 Å². The normalized spacial score (nSPS) is 11.3. The Morgan fingerprint density at radius 3 is 1.37 bits per heavy atom. The zero-order valence-corrected chi connectivity index (χ0v) is 29.1. The Balaban J connectivity index is 1.19. The van der Waals surface area contributed by atoms with Crippen LogP contribution in [-0.4, -0.2) is 9.13 Å². The predicted octanol–water partition coefficient (Wildman–Crippen LogP) is 12.6. The molecular formula is C50H30N4. The number of nitrogens with zero attached hydrogens (tertiary/aromatic N) is 4. The summed E-state index contributed by atoms with van der Waals surface area (Å²) in [4.78, 5) is 0. The first-order valence-electron chi connectivity index (χ1n) is 18.0. The molecule has 2 heterocycles. The lowest BCUT2D eigenvalue weighted by Gasteiger charge is -2.15. The van der Waals surface area contributed by atoms with Crippen LogP contribution in [0.3, 0.4) is 0 Å². The van der Waals surface area contributed by atoms with Gasteiger partial charge in [0.1, 0.15) is 0 Å². The van der Waals surface area contributed by atoms with Gasteiger partial charge in [0.25, 0.3) is 0 Å². The van der Waals surface area contributed by atoms with Gasteiger partial charge in [0, 0.05) is 32.9 Å². The zero-order valence-electron chi connectivity index (χ0n) is 29.1. The smallest absolute Gasteiger partial charge is 0.0991 e. The first-order chi connectivity index (χ1) is 26.7. The fraction of sp³-hybridized carbons (Fsp3) is 0. The molecule has 2 aromatic heterocycles. The van der Waals surface area contributed by atoms with Crippen molar-refractivity contribution in [3.8, 4) is 56.9 Å². The molecule has 10 aromatic rings. The van der Waals surface area contributed by atoms with Gasteiger partial charge in [-0.1, -0.05) is 97.1 Å². The first-order valence-corrected chi connectivity index (χ1v) is 18.0. The molecule has 4 heteroatoms. The summed E-state index contributed by atoms with van der Waals surface area (Å²) in [5, 5.41) is 23.8. The summed E-state index contributed by atoms with van der Waals surface area (Å²) in [6.45, 7) is 0. The Bertz CT molecular complexity index is 3070. The molecule has 0 unspecified atom stereocenters. The van der Waals surface area contributed by atoms with Crippen molar-refractivity contribution >= 4 is 43.6 Å². The third kappa shape index (κ3) is 5.06. The van der Waals surface area contributed by atoms with Gasteiger partial charge in [0.2, 0.25) is 0 Å². The van der Waals surface area contributed by atoms with Crippen molar-refractivity contribution in [2.24, 2.45) is 0 Å². The molecule has 0 saturated carbocycles. The minimum atomic E-state index is 0.625. The van der Waals surface area contributed by atoms with E-state index in [1.165, 1.54) is 32.6 Å². The van der Waals surface area contributed by atoms with Crippen molar-refractivity contribution in [1.29, 1.82) is 10.5 Å². The Labute approximate surface area is 312 Å². The minimum Gasteiger partial charge on any atom is -0.309 e. The molecule has 0 atom stereocenters. The summed E-state index contributed by atoms with van der Waals surface area (Å²) in [5.41, 5.74) is 14.4. The SMILES string of the molecule is N#Cc1ccc(-c2cc(-c3ccc(C#N)cc3)cc(-n3c4ccccc4c4ccc(-c5ccc6c(c5)c5ccccc5n6-c5ccccc5)cc43)c2)cc1. The van der Waals surface area contributed by atoms with Gasteiger partial charge < -0.3 is 9.13 Å². The van der Waals surface area contributed by atoms with E-state index in [0.29, 0.717) is 11.1 Å². The first kappa shape index (κ1) is 31.1. The Morgan fingerprint density at radius 1 is 0.296 bits per heavy atom. The van der Waals surface area contributed by atoms with E-state index in [1.807, 2.05) is 48.5 Å². The summed E-state index contributed by atoms with van der Waals surface area (Å²) >= 11 is 0. The fourth-order valence-electron chi connectivity index (χ4n) is 7.98. The van der Waals surface area contributed by atoms with Crippen LogP contribution >= 0.6 is 0 Å². The molecule has 0 N–H and O–H groups in total. The fourth-order valence-corrected chi connectivity index (χ4v) is 7.98. The number of para-hydroxylation sites is 3. The average molecular weight is 687 g/mol. The lowest BCUT2D eigenvalue weighted by molar-refractivity contribution is 1.18. The highest BCUT2D eigenvalue weighted by Crippen LogP contribution is 2.39. The highest BCUT2D eigenvalue weighted by molar-refractivity contribution is 6.12. The van der Waals surface area contributed by atoms with Crippen LogP contribution in [0, 0.1) is 22.7 Å². The molecule has 0 aliphatic heterocycles. The number of aromatic nitrogens is 2. The van der Waals surface area contributed by atoms with Crippen molar-refractivity contribution in [1.82, 2.24) is 9.13 Å². The molecule has 0 aliphatic carbocycles. The van der Waals surface area contributed by atoms with Gasteiger partial charge in [-0.25, -0.2) is 0 Å². The number of nitriles is 2. The number of rotatable bonds is 5. The second-order valence-electron chi connectivity index (χ2n) is 13.7. The zero-order chi connectivity index (χ0) is 36.2. The molecule has 0 saturated heterocycles. The summed E-state index contributed by atoms with van der Waals surface area (Å²) < 4.78 is 4.72. The van der Waals surface area contributed by atoms with Crippen LogP contribution in [0.15, 0.2) is 182 Å². The van der Waals surface area contributed by atoms with E-state index < -0.39 is 0 Å². The monoisotopic (exact) mass is 686 g/mol. The van der Waals surface area contributed by atoms with Crippen LogP contribution in [-0.2, 0) is 0 Å². The summed E-state index contributed by atoms with van der Waals surface area (Å²) in [6, 6.07) is 68.1. The van der Waals surface area contributed by atoms with Gasteiger partial charge in [0.05, 0.1) is 45.3 Å². The van der Waals surface area contributed by atoms with E-state index >= 15 is 0 Å². The molecule has 4 nitrogen and oxygen atoms in total. The van der Waals surface area contributed by atoms with Crippen molar-refractivity contribution in [3.63, 3.8) is 0 Å². The Kier molecular flexibility index (Phi) is 7.22. The third-order valence-corrected chi connectivity index (χ3v) is 10.6. The van der Waals surface area contributed by atoms with E-state index in [1.54, 1.807) is 0 Å². The molecule has 10 rings (SSSR count). The maximum atomic E-state index is 9.48. The predicted molar refractivity (Wildman–Crippen MR) is 221 cm³/mol. The average Bonchev–Trinajstić information content (AvgIpc) is 3.76. The molecule has 0 spiro atoms. The van der Waals surface area contributed by atoms with Crippen molar-refractivity contribution in [3.05, 3.63) is 193 Å². The Morgan fingerprint density at radius 2 is 0.759 bits per heavy atom. The molecule has 0 radical (unpaired) electrons. The molecule has 8 aromatic carbocycles. The van der Waals surface area contributed by atoms with Gasteiger partial charge in [-0.05, 0) is 118 Å². The molecule has 0 fully saturated rings. The van der Waals surface area contributed by atoms with Crippen LogP contribution in [0.2, 0.25) is 0 Å². The topological polar surface area (TPSA) is 57.4 Å². The Hall–Kier alpha value is -7.66. The van der Waals surface area contributed by atoms with Crippen LogP contribution in [0.4, 0.5) is 0 Å².